The molecule has 0 unspecified atom stereocenters. The lowest BCUT2D eigenvalue weighted by Crippen LogP contribution is -2.13. The normalized spacial score (nSPS) is 8.25. The Morgan fingerprint density at radius 3 is 2.25 bits per heavy atom. The maximum absolute atomic E-state index is 10.0. The monoisotopic (exact) mass is 118 g/mol. The Labute approximate surface area is 46.1 Å². The number of aliphatic hydroxyl groups is 1. The van der Waals surface area contributed by atoms with Gasteiger partial charge in [0.15, 0.2) is 6.79 Å². The Morgan fingerprint density at radius 1 is 1.62 bits per heavy atom. The third kappa shape index (κ3) is 2.30. The number of rotatable bonds is 2. The number of Topliss-reactive ketones (excluding diaryl/α,β-unsaturated/α-hetero) is 1. The number of hydrogen-bond donors (Lipinski definition) is 1. The first-order valence-corrected chi connectivity index (χ1v) is 1.97. The number of carbonyl (C=O) groups is 2. The van der Waals surface area contributed by atoms with Crippen molar-refractivity contribution in [3.8, 4) is 0 Å². The predicted molar refractivity (Wildman–Crippen MR) is 23.9 cm³/mol. The number of esters is 1. The summed E-state index contributed by atoms with van der Waals surface area (Å²) in [7, 11) is 0. The summed E-state index contributed by atoms with van der Waals surface area (Å²) in [4.78, 5) is 20.0. The van der Waals surface area contributed by atoms with Crippen LogP contribution in [-0.2, 0) is 14.3 Å². The third-order valence-corrected chi connectivity index (χ3v) is 0.483. The lowest BCUT2D eigenvalue weighted by molar-refractivity contribution is -0.159. The quantitative estimate of drug-likeness (QED) is 0.289. The fourth-order valence-corrected chi connectivity index (χ4v) is 0.160. The molecule has 0 atom stereocenters. The maximum Gasteiger partial charge on any atom is 0.376 e. The molecule has 0 saturated heterocycles. The molecule has 0 bridgehead atoms. The minimum atomic E-state index is -1.01. The van der Waals surface area contributed by atoms with Crippen molar-refractivity contribution in [2.75, 3.05) is 6.79 Å². The largest absolute Gasteiger partial charge is 0.433 e. The van der Waals surface area contributed by atoms with Crippen molar-refractivity contribution in [3.05, 3.63) is 0 Å². The van der Waals surface area contributed by atoms with E-state index in [-0.39, 0.29) is 0 Å². The average Bonchev–Trinajstić information content (AvgIpc) is 1.67. The van der Waals surface area contributed by atoms with Gasteiger partial charge in [0.25, 0.3) is 0 Å². The molecular formula is C4H6O4. The number of ketones is 1. The van der Waals surface area contributed by atoms with E-state index in [2.05, 4.69) is 4.74 Å². The molecule has 0 aliphatic carbocycles. The first-order chi connectivity index (χ1) is 3.68. The van der Waals surface area contributed by atoms with Crippen LogP contribution >= 0.6 is 0 Å². The first-order valence-electron chi connectivity index (χ1n) is 1.97. The van der Waals surface area contributed by atoms with Gasteiger partial charge in [-0.3, -0.25) is 4.79 Å². The van der Waals surface area contributed by atoms with E-state index in [0.29, 0.717) is 0 Å². The molecule has 0 saturated carbocycles. The van der Waals surface area contributed by atoms with Crippen LogP contribution in [0, 0.1) is 0 Å². The fourth-order valence-electron chi connectivity index (χ4n) is 0.160. The van der Waals surface area contributed by atoms with Gasteiger partial charge >= 0.3 is 5.97 Å². The van der Waals surface area contributed by atoms with Crippen LogP contribution in [0.5, 0.6) is 0 Å². The van der Waals surface area contributed by atoms with E-state index in [4.69, 9.17) is 5.11 Å². The van der Waals surface area contributed by atoms with E-state index in [9.17, 15) is 9.59 Å². The van der Waals surface area contributed by atoms with Crippen LogP contribution in [0.2, 0.25) is 0 Å². The van der Waals surface area contributed by atoms with Gasteiger partial charge < -0.3 is 9.84 Å². The molecule has 4 nitrogen and oxygen atoms in total. The zero-order valence-corrected chi connectivity index (χ0v) is 4.38. The Hall–Kier alpha value is -0.900. The lowest BCUT2D eigenvalue weighted by atomic mass is 10.5. The molecule has 0 aliphatic heterocycles. The minimum absolute atomic E-state index is 0.709. The van der Waals surface area contributed by atoms with Gasteiger partial charge in [-0.25, -0.2) is 4.79 Å². The van der Waals surface area contributed by atoms with Crippen molar-refractivity contribution in [1.29, 1.82) is 0 Å². The summed E-state index contributed by atoms with van der Waals surface area (Å²) in [6.45, 7) is 0.330. The van der Waals surface area contributed by atoms with Crippen molar-refractivity contribution >= 4 is 11.8 Å². The SMILES string of the molecule is CC(=O)C(=O)OCO. The Kier molecular flexibility index (Phi) is 2.79. The fraction of sp³-hybridized carbons (Fsp3) is 0.500. The van der Waals surface area contributed by atoms with Gasteiger partial charge in [-0.05, 0) is 0 Å². The average molecular weight is 118 g/mol. The molecule has 46 valence electrons. The van der Waals surface area contributed by atoms with Gasteiger partial charge in [-0.2, -0.15) is 0 Å². The molecule has 0 rings (SSSR count). The van der Waals surface area contributed by atoms with Crippen LogP contribution in [-0.4, -0.2) is 23.7 Å². The van der Waals surface area contributed by atoms with Crippen LogP contribution < -0.4 is 0 Å². The van der Waals surface area contributed by atoms with E-state index in [1.165, 1.54) is 0 Å². The maximum atomic E-state index is 10.0. The van der Waals surface area contributed by atoms with Gasteiger partial charge in [0.1, 0.15) is 0 Å². The lowest BCUT2D eigenvalue weighted by Gasteiger charge is -1.92. The summed E-state index contributed by atoms with van der Waals surface area (Å²) in [5.74, 6) is -1.72. The second kappa shape index (κ2) is 3.15. The zero-order valence-electron chi connectivity index (χ0n) is 4.38. The van der Waals surface area contributed by atoms with Gasteiger partial charge in [-0.1, -0.05) is 0 Å². The van der Waals surface area contributed by atoms with Crippen molar-refractivity contribution < 1.29 is 19.4 Å². The molecule has 8 heavy (non-hydrogen) atoms. The number of aliphatic hydroxyl groups excluding tert-OH is 1. The smallest absolute Gasteiger partial charge is 0.376 e. The van der Waals surface area contributed by atoms with E-state index < -0.39 is 18.5 Å². The molecule has 4 heteroatoms. The molecule has 0 fully saturated rings. The van der Waals surface area contributed by atoms with Gasteiger partial charge in [0.05, 0.1) is 0 Å². The van der Waals surface area contributed by atoms with Crippen LogP contribution in [0.3, 0.4) is 0 Å². The van der Waals surface area contributed by atoms with Crippen LogP contribution in [0.25, 0.3) is 0 Å². The van der Waals surface area contributed by atoms with Crippen molar-refractivity contribution in [2.24, 2.45) is 0 Å². The van der Waals surface area contributed by atoms with Gasteiger partial charge in [0.2, 0.25) is 5.78 Å². The zero-order chi connectivity index (χ0) is 6.57. The topological polar surface area (TPSA) is 63.6 Å². The minimum Gasteiger partial charge on any atom is -0.433 e. The van der Waals surface area contributed by atoms with E-state index in [0.717, 1.165) is 6.92 Å². The number of carbonyl (C=O) groups excluding carboxylic acids is 2. The van der Waals surface area contributed by atoms with Crippen LogP contribution in [0.15, 0.2) is 0 Å². The molecule has 0 aliphatic rings. The van der Waals surface area contributed by atoms with Crippen molar-refractivity contribution in [3.63, 3.8) is 0 Å². The highest BCUT2D eigenvalue weighted by Crippen LogP contribution is 1.75. The highest BCUT2D eigenvalue weighted by Gasteiger charge is 2.05. The number of ether oxygens (including phenoxy) is 1. The Balaban J connectivity index is 3.49. The molecule has 0 spiro atoms. The second-order valence-corrected chi connectivity index (χ2v) is 1.12. The Bertz CT molecular complexity index is 107. The summed E-state index contributed by atoms with van der Waals surface area (Å²) in [5, 5.41) is 7.89. The standard InChI is InChI=1S/C4H6O4/c1-3(6)4(7)8-2-5/h5H,2H2,1H3. The molecule has 1 N–H and O–H groups in total. The molecule has 0 radical (unpaired) electrons. The highest BCUT2D eigenvalue weighted by molar-refractivity contribution is 6.32. The highest BCUT2D eigenvalue weighted by atomic mass is 16.6. The van der Waals surface area contributed by atoms with E-state index >= 15 is 0 Å². The van der Waals surface area contributed by atoms with Crippen LogP contribution in [0.4, 0.5) is 0 Å². The van der Waals surface area contributed by atoms with E-state index in [1.807, 2.05) is 0 Å². The third-order valence-electron chi connectivity index (χ3n) is 0.483. The van der Waals surface area contributed by atoms with Crippen molar-refractivity contribution in [2.45, 2.75) is 6.92 Å². The molecular weight excluding hydrogens is 112 g/mol. The molecule has 0 amide bonds. The first kappa shape index (κ1) is 7.10. The summed E-state index contributed by atoms with van der Waals surface area (Å²) >= 11 is 0. The van der Waals surface area contributed by atoms with Crippen LogP contribution in [0.1, 0.15) is 6.92 Å². The van der Waals surface area contributed by atoms with Gasteiger partial charge in [0, 0.05) is 6.92 Å². The molecule has 0 aromatic rings. The number of hydrogen-bond acceptors (Lipinski definition) is 4. The van der Waals surface area contributed by atoms with E-state index in [1.54, 1.807) is 0 Å². The summed E-state index contributed by atoms with van der Waals surface area (Å²) in [6.07, 6.45) is 0. The summed E-state index contributed by atoms with van der Waals surface area (Å²) in [6, 6.07) is 0. The second-order valence-electron chi connectivity index (χ2n) is 1.12. The summed E-state index contributed by atoms with van der Waals surface area (Å²) in [5.41, 5.74) is 0. The van der Waals surface area contributed by atoms with Crippen molar-refractivity contribution in [1.82, 2.24) is 0 Å². The summed E-state index contributed by atoms with van der Waals surface area (Å²) < 4.78 is 3.87. The molecule has 0 heterocycles. The predicted octanol–water partition coefficient (Wildman–Crippen LogP) is -0.932. The Morgan fingerprint density at radius 2 is 2.12 bits per heavy atom. The molecule has 0 aromatic carbocycles. The molecule has 0 aromatic heterocycles. The van der Waals surface area contributed by atoms with Gasteiger partial charge in [-0.15, -0.1) is 0 Å².